The van der Waals surface area contributed by atoms with E-state index in [1.807, 2.05) is 18.5 Å². The van der Waals surface area contributed by atoms with Crippen LogP contribution in [0.15, 0.2) is 122 Å². The molecule has 0 N–H and O–H groups in total. The summed E-state index contributed by atoms with van der Waals surface area (Å²) in [6.45, 7) is 0. The second-order valence-electron chi connectivity index (χ2n) is 7.76. The van der Waals surface area contributed by atoms with E-state index in [0.29, 0.717) is 0 Å². The van der Waals surface area contributed by atoms with Gasteiger partial charge in [-0.1, -0.05) is 78.9 Å². The molecule has 0 saturated carbocycles. The molecule has 0 aliphatic carbocycles. The lowest BCUT2D eigenvalue weighted by atomic mass is 9.99. The molecule has 2 heterocycles. The number of hydrogen-bond acceptors (Lipinski definition) is 2. The third kappa shape index (κ3) is 3.03. The Morgan fingerprint density at radius 3 is 1.97 bits per heavy atom. The van der Waals surface area contributed by atoms with Crippen molar-refractivity contribution >= 4 is 23.1 Å². The normalized spacial score (nSPS) is 12.5. The number of imidazole rings is 1. The monoisotopic (exact) mass is 411 g/mol. The van der Waals surface area contributed by atoms with Crippen molar-refractivity contribution in [1.29, 1.82) is 0 Å². The summed E-state index contributed by atoms with van der Waals surface area (Å²) in [4.78, 5) is 7.15. The number of para-hydroxylation sites is 3. The summed E-state index contributed by atoms with van der Waals surface area (Å²) in [5.41, 5.74) is 7.95. The van der Waals surface area contributed by atoms with Crippen LogP contribution in [-0.4, -0.2) is 9.55 Å². The number of fused-ring (bicyclic) bond motifs is 3. The molecule has 1 aliphatic heterocycles. The molecular weight excluding hydrogens is 390 g/mol. The number of anilines is 2. The standard InChI is InChI=1S/C29H21N3/c1-3-12-23(13-4-1)31-20-19-30-29(31)28-21-22-11-7-8-16-25(22)26-17-9-10-18-27(26)32(28)24-14-5-2-6-15-24/h1-21H. The zero-order valence-electron chi connectivity index (χ0n) is 17.5. The van der Waals surface area contributed by atoms with Crippen LogP contribution < -0.4 is 4.90 Å². The van der Waals surface area contributed by atoms with E-state index < -0.39 is 0 Å². The Kier molecular flexibility index (Phi) is 4.43. The van der Waals surface area contributed by atoms with E-state index >= 15 is 0 Å². The molecule has 0 amide bonds. The third-order valence-electron chi connectivity index (χ3n) is 5.85. The Labute approximate surface area is 187 Å². The van der Waals surface area contributed by atoms with E-state index in [4.69, 9.17) is 4.98 Å². The maximum Gasteiger partial charge on any atom is 0.161 e. The van der Waals surface area contributed by atoms with Crippen molar-refractivity contribution in [2.75, 3.05) is 4.90 Å². The fourth-order valence-corrected chi connectivity index (χ4v) is 4.42. The second kappa shape index (κ2) is 7.71. The van der Waals surface area contributed by atoms with Gasteiger partial charge < -0.3 is 4.90 Å². The van der Waals surface area contributed by atoms with Crippen molar-refractivity contribution in [1.82, 2.24) is 9.55 Å². The summed E-state index contributed by atoms with van der Waals surface area (Å²) in [6.07, 6.45) is 6.15. The highest BCUT2D eigenvalue weighted by Crippen LogP contribution is 2.45. The van der Waals surface area contributed by atoms with Crippen molar-refractivity contribution in [2.45, 2.75) is 0 Å². The smallest absolute Gasteiger partial charge is 0.161 e. The van der Waals surface area contributed by atoms with E-state index in [1.165, 1.54) is 16.7 Å². The highest BCUT2D eigenvalue weighted by Gasteiger charge is 2.26. The molecule has 3 heteroatoms. The molecule has 0 radical (unpaired) electrons. The Bertz CT molecular complexity index is 1420. The van der Waals surface area contributed by atoms with Crippen molar-refractivity contribution < 1.29 is 0 Å². The lowest BCUT2D eigenvalue weighted by Gasteiger charge is -2.28. The van der Waals surface area contributed by atoms with Gasteiger partial charge in [0.15, 0.2) is 5.82 Å². The van der Waals surface area contributed by atoms with Crippen LogP contribution in [0.4, 0.5) is 11.4 Å². The first-order valence-corrected chi connectivity index (χ1v) is 10.7. The summed E-state index contributed by atoms with van der Waals surface area (Å²) in [5, 5.41) is 0. The van der Waals surface area contributed by atoms with Gasteiger partial charge in [0, 0.05) is 29.3 Å². The van der Waals surface area contributed by atoms with Gasteiger partial charge in [-0.2, -0.15) is 0 Å². The average molecular weight is 412 g/mol. The summed E-state index contributed by atoms with van der Waals surface area (Å²) >= 11 is 0. The van der Waals surface area contributed by atoms with Crippen LogP contribution in [0.3, 0.4) is 0 Å². The van der Waals surface area contributed by atoms with Crippen molar-refractivity contribution in [3.05, 3.63) is 133 Å². The molecule has 1 aromatic heterocycles. The number of benzene rings is 4. The van der Waals surface area contributed by atoms with Gasteiger partial charge in [0.2, 0.25) is 0 Å². The molecule has 1 aliphatic rings. The van der Waals surface area contributed by atoms with Gasteiger partial charge in [-0.3, -0.25) is 4.57 Å². The second-order valence-corrected chi connectivity index (χ2v) is 7.76. The predicted octanol–water partition coefficient (Wildman–Crippen LogP) is 7.19. The summed E-state index contributed by atoms with van der Waals surface area (Å²) < 4.78 is 2.15. The molecule has 0 atom stereocenters. The lowest BCUT2D eigenvalue weighted by Crippen LogP contribution is -2.18. The SMILES string of the molecule is C1=C(c2nccn2-c2ccccc2)N(c2ccccc2)c2ccccc2-c2ccccc21. The van der Waals surface area contributed by atoms with Gasteiger partial charge in [-0.25, -0.2) is 4.98 Å². The van der Waals surface area contributed by atoms with Crippen LogP contribution in [-0.2, 0) is 0 Å². The van der Waals surface area contributed by atoms with Crippen molar-refractivity contribution in [3.8, 4) is 16.8 Å². The van der Waals surface area contributed by atoms with Crippen molar-refractivity contribution in [2.24, 2.45) is 0 Å². The Morgan fingerprint density at radius 2 is 1.19 bits per heavy atom. The van der Waals surface area contributed by atoms with Gasteiger partial charge in [0.25, 0.3) is 0 Å². The number of nitrogens with zero attached hydrogens (tertiary/aromatic N) is 3. The molecule has 0 bridgehead atoms. The van der Waals surface area contributed by atoms with Crippen LogP contribution in [0.2, 0.25) is 0 Å². The zero-order valence-corrected chi connectivity index (χ0v) is 17.5. The topological polar surface area (TPSA) is 21.1 Å². The summed E-state index contributed by atoms with van der Waals surface area (Å²) in [5.74, 6) is 0.895. The van der Waals surface area contributed by atoms with Gasteiger partial charge in [0.05, 0.1) is 11.4 Å². The molecule has 0 unspecified atom stereocenters. The molecule has 6 rings (SSSR count). The Hall–Kier alpha value is -4.37. The number of rotatable bonds is 3. The quantitative estimate of drug-likeness (QED) is 0.313. The van der Waals surface area contributed by atoms with Crippen molar-refractivity contribution in [3.63, 3.8) is 0 Å². The Morgan fingerprint density at radius 1 is 0.562 bits per heavy atom. The minimum absolute atomic E-state index is 0.895. The summed E-state index contributed by atoms with van der Waals surface area (Å²) in [7, 11) is 0. The lowest BCUT2D eigenvalue weighted by molar-refractivity contribution is 1.01. The van der Waals surface area contributed by atoms with Gasteiger partial charge in [0.1, 0.15) is 0 Å². The molecule has 0 saturated heterocycles. The average Bonchev–Trinajstić information content (AvgIpc) is 3.30. The fraction of sp³-hybridized carbons (Fsp3) is 0. The van der Waals surface area contributed by atoms with Gasteiger partial charge in [-0.05, 0) is 47.5 Å². The van der Waals surface area contributed by atoms with Gasteiger partial charge in [-0.15, -0.1) is 0 Å². The van der Waals surface area contributed by atoms with E-state index in [9.17, 15) is 0 Å². The highest BCUT2D eigenvalue weighted by molar-refractivity contribution is 6.03. The van der Waals surface area contributed by atoms with E-state index in [-0.39, 0.29) is 0 Å². The van der Waals surface area contributed by atoms with E-state index in [1.54, 1.807) is 0 Å². The first-order chi connectivity index (χ1) is 15.9. The molecule has 152 valence electrons. The highest BCUT2D eigenvalue weighted by atomic mass is 15.2. The molecule has 0 spiro atoms. The molecule has 32 heavy (non-hydrogen) atoms. The van der Waals surface area contributed by atoms with Crippen LogP contribution in [0.1, 0.15) is 11.4 Å². The third-order valence-corrected chi connectivity index (χ3v) is 5.85. The molecule has 3 nitrogen and oxygen atoms in total. The largest absolute Gasteiger partial charge is 0.306 e. The first-order valence-electron chi connectivity index (χ1n) is 10.7. The first kappa shape index (κ1) is 18.4. The molecule has 0 fully saturated rings. The predicted molar refractivity (Wildman–Crippen MR) is 132 cm³/mol. The van der Waals surface area contributed by atoms with E-state index in [0.717, 1.165) is 28.6 Å². The van der Waals surface area contributed by atoms with Crippen LogP contribution in [0.5, 0.6) is 0 Å². The minimum atomic E-state index is 0.895. The summed E-state index contributed by atoms with van der Waals surface area (Å²) in [6, 6.07) is 38.0. The minimum Gasteiger partial charge on any atom is -0.306 e. The number of aromatic nitrogens is 2. The van der Waals surface area contributed by atoms with Crippen LogP contribution in [0.25, 0.3) is 28.6 Å². The Balaban J connectivity index is 1.67. The van der Waals surface area contributed by atoms with Gasteiger partial charge >= 0.3 is 0 Å². The zero-order chi connectivity index (χ0) is 21.3. The maximum absolute atomic E-state index is 4.83. The molecular formula is C29H21N3. The van der Waals surface area contributed by atoms with E-state index in [2.05, 4.69) is 119 Å². The van der Waals surface area contributed by atoms with Crippen LogP contribution in [0, 0.1) is 0 Å². The fourth-order valence-electron chi connectivity index (χ4n) is 4.42. The molecule has 5 aromatic rings. The maximum atomic E-state index is 4.83. The molecule has 4 aromatic carbocycles. The number of hydrogen-bond donors (Lipinski definition) is 0. The van der Waals surface area contributed by atoms with Crippen LogP contribution >= 0.6 is 0 Å².